The van der Waals surface area contributed by atoms with Crippen molar-refractivity contribution < 1.29 is 5.11 Å². The van der Waals surface area contributed by atoms with Crippen molar-refractivity contribution in [1.82, 2.24) is 0 Å². The molecule has 3 saturated carbocycles. The van der Waals surface area contributed by atoms with Gasteiger partial charge in [-0.05, 0) is 91.9 Å². The Labute approximate surface area is 180 Å². The third-order valence-corrected chi connectivity index (χ3v) is 8.63. The van der Waals surface area contributed by atoms with E-state index in [9.17, 15) is 5.11 Å². The molecule has 3 fully saturated rings. The number of allylic oxidation sites excluding steroid dienone is 6. The number of fused-ring (bicyclic) bond motifs is 1. The van der Waals surface area contributed by atoms with Crippen LogP contribution < -0.4 is 0 Å². The summed E-state index contributed by atoms with van der Waals surface area (Å²) in [5.74, 6) is 3.58. The highest BCUT2D eigenvalue weighted by atomic mass is 16.3. The lowest BCUT2D eigenvalue weighted by atomic mass is 9.61. The smallest absolute Gasteiger partial charge is 0.0583 e. The van der Waals surface area contributed by atoms with Crippen molar-refractivity contribution in [3.05, 3.63) is 47.6 Å². The Hall–Kier alpha value is -1.08. The average Bonchev–Trinajstić information content (AvgIpc) is 3.04. The van der Waals surface area contributed by atoms with Gasteiger partial charge < -0.3 is 5.11 Å². The Kier molecular flexibility index (Phi) is 7.31. The molecular weight excluding hydrogens is 352 g/mol. The van der Waals surface area contributed by atoms with E-state index in [-0.39, 0.29) is 6.10 Å². The molecule has 0 saturated heterocycles. The zero-order chi connectivity index (χ0) is 21.2. The van der Waals surface area contributed by atoms with Crippen LogP contribution in [0.25, 0.3) is 0 Å². The first kappa shape index (κ1) is 22.6. The molecular formula is C28H44O. The molecule has 3 rings (SSSR count). The monoisotopic (exact) mass is 396 g/mol. The van der Waals surface area contributed by atoms with Crippen LogP contribution in [0.1, 0.15) is 86.0 Å². The first-order valence-corrected chi connectivity index (χ1v) is 12.2. The molecule has 6 atom stereocenters. The van der Waals surface area contributed by atoms with Crippen molar-refractivity contribution >= 4 is 0 Å². The molecule has 29 heavy (non-hydrogen) atoms. The third-order valence-electron chi connectivity index (χ3n) is 8.63. The van der Waals surface area contributed by atoms with E-state index < -0.39 is 0 Å². The van der Waals surface area contributed by atoms with E-state index in [2.05, 4.69) is 65.5 Å². The molecule has 0 spiro atoms. The molecule has 1 N–H and O–H groups in total. The van der Waals surface area contributed by atoms with Gasteiger partial charge >= 0.3 is 0 Å². The lowest BCUT2D eigenvalue weighted by molar-refractivity contribution is 0.112. The molecule has 3 aliphatic carbocycles. The predicted molar refractivity (Wildman–Crippen MR) is 126 cm³/mol. The summed E-state index contributed by atoms with van der Waals surface area (Å²) in [6.07, 6.45) is 18.8. The van der Waals surface area contributed by atoms with Crippen LogP contribution in [0, 0.1) is 35.0 Å². The molecule has 1 heteroatoms. The molecule has 0 aromatic carbocycles. The van der Waals surface area contributed by atoms with Crippen LogP contribution in [0.4, 0.5) is 0 Å². The molecule has 0 radical (unpaired) electrons. The lowest BCUT2D eigenvalue weighted by Gasteiger charge is -2.44. The molecule has 0 heterocycles. The number of aliphatic hydroxyl groups is 1. The minimum absolute atomic E-state index is 0.182. The summed E-state index contributed by atoms with van der Waals surface area (Å²) in [7, 11) is 0. The average molecular weight is 397 g/mol. The topological polar surface area (TPSA) is 20.2 Å². The van der Waals surface area contributed by atoms with Gasteiger partial charge in [-0.1, -0.05) is 76.6 Å². The maximum Gasteiger partial charge on any atom is 0.0583 e. The first-order valence-electron chi connectivity index (χ1n) is 12.2. The Morgan fingerprint density at radius 3 is 2.52 bits per heavy atom. The molecule has 0 aromatic heterocycles. The second-order valence-electron chi connectivity index (χ2n) is 10.9. The second kappa shape index (κ2) is 9.38. The highest BCUT2D eigenvalue weighted by molar-refractivity contribution is 5.36. The van der Waals surface area contributed by atoms with Crippen molar-refractivity contribution in [2.75, 3.05) is 0 Å². The van der Waals surface area contributed by atoms with E-state index in [4.69, 9.17) is 0 Å². The number of aliphatic hydroxyl groups excluding tert-OH is 1. The minimum atomic E-state index is -0.182. The molecule has 1 nitrogen and oxygen atoms in total. The molecule has 3 aliphatic rings. The van der Waals surface area contributed by atoms with Gasteiger partial charge in [-0.3, -0.25) is 0 Å². The van der Waals surface area contributed by atoms with Gasteiger partial charge in [0.25, 0.3) is 0 Å². The SMILES string of the molecule is C=C1CC[C@@H](O)CC1=CC=C1CCC[C@@]2(C)[C@H]1CC[C@H]2[C@@H](C)/C=C/[C@H](C)C(C)C. The highest BCUT2D eigenvalue weighted by Crippen LogP contribution is 2.59. The van der Waals surface area contributed by atoms with Crippen LogP contribution in [-0.4, -0.2) is 11.2 Å². The Morgan fingerprint density at radius 1 is 1.03 bits per heavy atom. The summed E-state index contributed by atoms with van der Waals surface area (Å²) in [6.45, 7) is 16.3. The summed E-state index contributed by atoms with van der Waals surface area (Å²) >= 11 is 0. The Morgan fingerprint density at radius 2 is 1.79 bits per heavy atom. The van der Waals surface area contributed by atoms with Crippen molar-refractivity contribution in [3.63, 3.8) is 0 Å². The lowest BCUT2D eigenvalue weighted by Crippen LogP contribution is -2.35. The maximum atomic E-state index is 10.0. The van der Waals surface area contributed by atoms with Crippen molar-refractivity contribution in [3.8, 4) is 0 Å². The normalized spacial score (nSPS) is 38.2. The van der Waals surface area contributed by atoms with Crippen LogP contribution in [0.5, 0.6) is 0 Å². The van der Waals surface area contributed by atoms with Gasteiger partial charge in [0.15, 0.2) is 0 Å². The zero-order valence-electron chi connectivity index (χ0n) is 19.6. The van der Waals surface area contributed by atoms with Crippen LogP contribution >= 0.6 is 0 Å². The summed E-state index contributed by atoms with van der Waals surface area (Å²) in [5.41, 5.74) is 4.61. The fourth-order valence-corrected chi connectivity index (χ4v) is 6.25. The van der Waals surface area contributed by atoms with Gasteiger partial charge in [-0.2, -0.15) is 0 Å². The van der Waals surface area contributed by atoms with Crippen molar-refractivity contribution in [2.45, 2.75) is 92.1 Å². The van der Waals surface area contributed by atoms with E-state index in [0.717, 1.165) is 37.0 Å². The number of hydrogen-bond acceptors (Lipinski definition) is 1. The van der Waals surface area contributed by atoms with E-state index in [1.54, 1.807) is 5.57 Å². The Balaban J connectivity index is 1.75. The van der Waals surface area contributed by atoms with Gasteiger partial charge in [0.05, 0.1) is 6.10 Å². The summed E-state index contributed by atoms with van der Waals surface area (Å²) in [6, 6.07) is 0. The zero-order valence-corrected chi connectivity index (χ0v) is 19.6. The Bertz CT molecular complexity index is 678. The largest absolute Gasteiger partial charge is 0.393 e. The van der Waals surface area contributed by atoms with E-state index in [0.29, 0.717) is 17.3 Å². The highest BCUT2D eigenvalue weighted by Gasteiger charge is 2.50. The quantitative estimate of drug-likeness (QED) is 0.473. The molecule has 0 unspecified atom stereocenters. The minimum Gasteiger partial charge on any atom is -0.393 e. The molecule has 0 amide bonds. The fourth-order valence-electron chi connectivity index (χ4n) is 6.25. The molecule has 0 bridgehead atoms. The van der Waals surface area contributed by atoms with Crippen molar-refractivity contribution in [2.24, 2.45) is 35.0 Å². The fraction of sp³-hybridized carbons (Fsp3) is 0.714. The van der Waals surface area contributed by atoms with Crippen LogP contribution in [-0.2, 0) is 0 Å². The standard InChI is InChI=1S/C28H44O/c1-19(2)20(3)9-10-22(5)26-15-16-27-23(8-7-17-28(26,27)6)12-13-24-18-25(29)14-11-21(24)4/h9-10,12-13,19-20,22,25-27,29H,4,7-8,11,14-18H2,1-3,5-6H3/b10-9+,23-12?,24-13?/t20-,22-,25+,26-,27-,28+/m0/s1. The van der Waals surface area contributed by atoms with Gasteiger partial charge in [0.2, 0.25) is 0 Å². The van der Waals surface area contributed by atoms with Crippen LogP contribution in [0.3, 0.4) is 0 Å². The number of rotatable bonds is 5. The van der Waals surface area contributed by atoms with Crippen LogP contribution in [0.2, 0.25) is 0 Å². The number of hydrogen-bond donors (Lipinski definition) is 1. The predicted octanol–water partition coefficient (Wildman–Crippen LogP) is 7.64. The van der Waals surface area contributed by atoms with Crippen LogP contribution in [0.15, 0.2) is 47.6 Å². The van der Waals surface area contributed by atoms with Gasteiger partial charge in [-0.15, -0.1) is 0 Å². The maximum absolute atomic E-state index is 10.0. The van der Waals surface area contributed by atoms with Crippen molar-refractivity contribution in [1.29, 1.82) is 0 Å². The van der Waals surface area contributed by atoms with E-state index in [1.165, 1.54) is 43.3 Å². The summed E-state index contributed by atoms with van der Waals surface area (Å²) in [4.78, 5) is 0. The molecule has 0 aromatic rings. The summed E-state index contributed by atoms with van der Waals surface area (Å²) in [5, 5.41) is 10.0. The molecule has 0 aliphatic heterocycles. The van der Waals surface area contributed by atoms with Gasteiger partial charge in [0, 0.05) is 0 Å². The van der Waals surface area contributed by atoms with E-state index >= 15 is 0 Å². The summed E-state index contributed by atoms with van der Waals surface area (Å²) < 4.78 is 0. The van der Waals surface area contributed by atoms with Gasteiger partial charge in [-0.25, -0.2) is 0 Å². The van der Waals surface area contributed by atoms with E-state index in [1.807, 2.05) is 0 Å². The molecule has 162 valence electrons. The van der Waals surface area contributed by atoms with Gasteiger partial charge in [0.1, 0.15) is 0 Å². The first-order chi connectivity index (χ1) is 13.7. The third kappa shape index (κ3) is 4.98. The second-order valence-corrected chi connectivity index (χ2v) is 10.9.